The second-order valence-corrected chi connectivity index (χ2v) is 8.18. The van der Waals surface area contributed by atoms with E-state index in [-0.39, 0.29) is 23.7 Å². The number of nitrogens with zero attached hydrogens (tertiary/aromatic N) is 4. The number of hydrogen-bond donors (Lipinski definition) is 1. The van der Waals surface area contributed by atoms with Crippen molar-refractivity contribution in [3.8, 4) is 11.1 Å². The zero-order chi connectivity index (χ0) is 22.0. The summed E-state index contributed by atoms with van der Waals surface area (Å²) in [5.74, 6) is 0.160. The van der Waals surface area contributed by atoms with E-state index < -0.39 is 0 Å². The van der Waals surface area contributed by atoms with Gasteiger partial charge in [0.25, 0.3) is 5.91 Å². The molecular formula is C24H26FN5O. The maximum absolute atomic E-state index is 14.7. The third-order valence-electron chi connectivity index (χ3n) is 5.67. The fourth-order valence-electron chi connectivity index (χ4n) is 3.96. The van der Waals surface area contributed by atoms with Gasteiger partial charge < -0.3 is 5.32 Å². The highest BCUT2D eigenvalue weighted by molar-refractivity contribution is 6.06. The van der Waals surface area contributed by atoms with Crippen molar-refractivity contribution in [3.05, 3.63) is 71.8 Å². The van der Waals surface area contributed by atoms with Crippen molar-refractivity contribution in [1.29, 1.82) is 0 Å². The molecule has 3 heterocycles. The summed E-state index contributed by atoms with van der Waals surface area (Å²) >= 11 is 0. The quantitative estimate of drug-likeness (QED) is 0.642. The van der Waals surface area contributed by atoms with E-state index in [0.29, 0.717) is 28.2 Å². The Morgan fingerprint density at radius 2 is 1.87 bits per heavy atom. The minimum atomic E-state index is -0.348. The Morgan fingerprint density at radius 3 is 2.52 bits per heavy atom. The van der Waals surface area contributed by atoms with Crippen LogP contribution in [0.3, 0.4) is 0 Å². The second kappa shape index (κ2) is 8.89. The number of rotatable bonds is 5. The number of likely N-dealkylation sites (tertiary alicyclic amines) is 1. The zero-order valence-corrected chi connectivity index (χ0v) is 18.0. The predicted octanol–water partition coefficient (Wildman–Crippen LogP) is 4.82. The summed E-state index contributed by atoms with van der Waals surface area (Å²) in [7, 11) is 2.04. The van der Waals surface area contributed by atoms with Crippen LogP contribution < -0.4 is 5.32 Å². The fourth-order valence-corrected chi connectivity index (χ4v) is 3.96. The number of nitrogens with one attached hydrogen (secondary N) is 1. The average molecular weight is 420 g/mol. The van der Waals surface area contributed by atoms with Crippen LogP contribution in [-0.4, -0.2) is 39.4 Å². The molecule has 1 unspecified atom stereocenters. The summed E-state index contributed by atoms with van der Waals surface area (Å²) in [6.45, 7) is 4.94. The minimum Gasteiger partial charge on any atom is -0.320 e. The number of amides is 1. The summed E-state index contributed by atoms with van der Waals surface area (Å²) in [5.41, 5.74) is 2.65. The standard InChI is InChI=1S/C24H26FN5O/c1-15(2)23-27-13-16(14-28-23)24(31)29-21-18(17-7-4-5-8-19(17)25)10-11-26-22(21)20-9-6-12-30(20)3/h4-5,7-8,10-11,13-15,20H,6,9,12H2,1-3H3,(H,29,31). The predicted molar refractivity (Wildman–Crippen MR) is 118 cm³/mol. The molecule has 1 fully saturated rings. The van der Waals surface area contributed by atoms with Gasteiger partial charge in [-0.2, -0.15) is 0 Å². The van der Waals surface area contributed by atoms with Crippen LogP contribution in [0.5, 0.6) is 0 Å². The van der Waals surface area contributed by atoms with Gasteiger partial charge in [0.15, 0.2) is 0 Å². The third-order valence-corrected chi connectivity index (χ3v) is 5.67. The highest BCUT2D eigenvalue weighted by Gasteiger charge is 2.29. The highest BCUT2D eigenvalue weighted by Crippen LogP contribution is 2.39. The summed E-state index contributed by atoms with van der Waals surface area (Å²) in [4.78, 5) is 28.5. The van der Waals surface area contributed by atoms with E-state index in [1.165, 1.54) is 18.5 Å². The van der Waals surface area contributed by atoms with E-state index in [4.69, 9.17) is 0 Å². The van der Waals surface area contributed by atoms with Crippen LogP contribution >= 0.6 is 0 Å². The molecule has 4 rings (SSSR count). The lowest BCUT2D eigenvalue weighted by Gasteiger charge is -2.23. The van der Waals surface area contributed by atoms with Crippen LogP contribution in [0.25, 0.3) is 11.1 Å². The molecule has 0 spiro atoms. The largest absolute Gasteiger partial charge is 0.320 e. The molecule has 0 radical (unpaired) electrons. The van der Waals surface area contributed by atoms with Gasteiger partial charge in [-0.3, -0.25) is 14.7 Å². The molecule has 160 valence electrons. The molecule has 1 saturated heterocycles. The Morgan fingerprint density at radius 1 is 1.13 bits per heavy atom. The molecule has 0 aliphatic carbocycles. The number of hydrogen-bond acceptors (Lipinski definition) is 5. The van der Waals surface area contributed by atoms with Crippen LogP contribution in [0.2, 0.25) is 0 Å². The number of benzene rings is 1. The number of carbonyl (C=O) groups is 1. The van der Waals surface area contributed by atoms with Crippen LogP contribution in [0, 0.1) is 5.82 Å². The van der Waals surface area contributed by atoms with E-state index in [1.54, 1.807) is 30.5 Å². The lowest BCUT2D eigenvalue weighted by molar-refractivity contribution is 0.102. The maximum atomic E-state index is 14.7. The highest BCUT2D eigenvalue weighted by atomic mass is 19.1. The monoisotopic (exact) mass is 419 g/mol. The SMILES string of the molecule is CC(C)c1ncc(C(=O)Nc2c(-c3ccccc3F)ccnc2C2CCCN2C)cn1. The first-order valence-electron chi connectivity index (χ1n) is 10.5. The number of aromatic nitrogens is 3. The van der Waals surface area contributed by atoms with Crippen molar-refractivity contribution in [1.82, 2.24) is 19.9 Å². The Balaban J connectivity index is 1.76. The Hall–Kier alpha value is -3.19. The number of halogens is 1. The summed E-state index contributed by atoms with van der Waals surface area (Å²) < 4.78 is 14.7. The lowest BCUT2D eigenvalue weighted by Crippen LogP contribution is -2.22. The Kier molecular flexibility index (Phi) is 6.04. The lowest BCUT2D eigenvalue weighted by atomic mass is 9.99. The first-order valence-corrected chi connectivity index (χ1v) is 10.5. The molecule has 7 heteroatoms. The van der Waals surface area contributed by atoms with E-state index in [0.717, 1.165) is 25.1 Å². The maximum Gasteiger partial charge on any atom is 0.258 e. The molecular weight excluding hydrogens is 393 g/mol. The van der Waals surface area contributed by atoms with Gasteiger partial charge >= 0.3 is 0 Å². The minimum absolute atomic E-state index is 0.0570. The van der Waals surface area contributed by atoms with Crippen LogP contribution in [-0.2, 0) is 0 Å². The normalized spacial score (nSPS) is 16.6. The Labute approximate surface area is 181 Å². The van der Waals surface area contributed by atoms with Crippen LogP contribution in [0.1, 0.15) is 60.5 Å². The zero-order valence-electron chi connectivity index (χ0n) is 18.0. The number of pyridine rings is 1. The van der Waals surface area contributed by atoms with Gasteiger partial charge in [-0.1, -0.05) is 32.0 Å². The third kappa shape index (κ3) is 4.32. The molecule has 31 heavy (non-hydrogen) atoms. The van der Waals surface area contributed by atoms with E-state index in [1.807, 2.05) is 20.9 Å². The van der Waals surface area contributed by atoms with Crippen molar-refractivity contribution in [2.24, 2.45) is 0 Å². The smallest absolute Gasteiger partial charge is 0.258 e. The van der Waals surface area contributed by atoms with Crippen LogP contribution in [0.4, 0.5) is 10.1 Å². The van der Waals surface area contributed by atoms with Gasteiger partial charge in [0.05, 0.1) is 23.0 Å². The summed E-state index contributed by atoms with van der Waals surface area (Å²) in [6, 6.07) is 8.36. The molecule has 1 atom stereocenters. The van der Waals surface area contributed by atoms with Gasteiger partial charge in [-0.15, -0.1) is 0 Å². The molecule has 1 amide bonds. The molecule has 6 nitrogen and oxygen atoms in total. The summed E-state index contributed by atoms with van der Waals surface area (Å²) in [6.07, 6.45) is 6.71. The van der Waals surface area contributed by atoms with E-state index in [9.17, 15) is 9.18 Å². The first kappa shape index (κ1) is 21.1. The second-order valence-electron chi connectivity index (χ2n) is 8.18. The van der Waals surface area contributed by atoms with Crippen molar-refractivity contribution in [2.75, 3.05) is 18.9 Å². The van der Waals surface area contributed by atoms with Gasteiger partial charge in [0.1, 0.15) is 11.6 Å². The Bertz CT molecular complexity index is 1080. The molecule has 1 aromatic carbocycles. The molecule has 0 saturated carbocycles. The van der Waals surface area contributed by atoms with Crippen LogP contribution in [0.15, 0.2) is 48.9 Å². The fraction of sp³-hybridized carbons (Fsp3) is 0.333. The summed E-state index contributed by atoms with van der Waals surface area (Å²) in [5, 5.41) is 2.99. The van der Waals surface area contributed by atoms with E-state index >= 15 is 0 Å². The molecule has 1 aliphatic heterocycles. The molecule has 3 aromatic rings. The van der Waals surface area contributed by atoms with Crippen molar-refractivity contribution in [2.45, 2.75) is 38.6 Å². The molecule has 1 aliphatic rings. The number of carbonyl (C=O) groups excluding carboxylic acids is 1. The molecule has 2 aromatic heterocycles. The van der Waals surface area contributed by atoms with Gasteiger partial charge in [-0.25, -0.2) is 14.4 Å². The topological polar surface area (TPSA) is 71.0 Å². The van der Waals surface area contributed by atoms with E-state index in [2.05, 4.69) is 25.2 Å². The molecule has 1 N–H and O–H groups in total. The number of anilines is 1. The average Bonchev–Trinajstić information content (AvgIpc) is 3.20. The van der Waals surface area contributed by atoms with Crippen molar-refractivity contribution in [3.63, 3.8) is 0 Å². The van der Waals surface area contributed by atoms with Crippen molar-refractivity contribution < 1.29 is 9.18 Å². The van der Waals surface area contributed by atoms with Crippen molar-refractivity contribution >= 4 is 11.6 Å². The van der Waals surface area contributed by atoms with Gasteiger partial charge in [0.2, 0.25) is 0 Å². The first-order chi connectivity index (χ1) is 15.0. The van der Waals surface area contributed by atoms with Gasteiger partial charge in [0, 0.05) is 35.6 Å². The van der Waals surface area contributed by atoms with Gasteiger partial charge in [-0.05, 0) is 38.6 Å². The molecule has 0 bridgehead atoms.